The van der Waals surface area contributed by atoms with Gasteiger partial charge >= 0.3 is 60.4 Å². The number of aliphatic carboxylic acids is 5. The van der Waals surface area contributed by atoms with Gasteiger partial charge in [0.25, 0.3) is 0 Å². The molecule has 1 fully saturated rings. The minimum Gasteiger partial charge on any atom is -0.481 e. The van der Waals surface area contributed by atoms with E-state index in [1.165, 1.54) is 0 Å². The first-order valence-electron chi connectivity index (χ1n) is 47.4. The number of ether oxygens (including phenoxy) is 11. The third kappa shape index (κ3) is 71.6. The number of amides is 8. The van der Waals surface area contributed by atoms with Gasteiger partial charge in [0.05, 0.1) is 178 Å². The van der Waals surface area contributed by atoms with E-state index in [0.717, 1.165) is 33.5 Å². The van der Waals surface area contributed by atoms with Crippen molar-refractivity contribution >= 4 is 135 Å². The Hall–Kier alpha value is -11.5. The van der Waals surface area contributed by atoms with E-state index in [4.69, 9.17) is 98.2 Å². The van der Waals surface area contributed by atoms with Gasteiger partial charge in [-0.05, 0) is 167 Å². The lowest BCUT2D eigenvalue weighted by Crippen LogP contribution is -2.50. The zero-order chi connectivity index (χ0) is 107. The molecule has 50 nitrogen and oxygen atoms in total. The minimum atomic E-state index is -1.22. The molecule has 4 atom stereocenters. The van der Waals surface area contributed by atoms with Crippen LogP contribution < -0.4 is 53.2 Å². The van der Waals surface area contributed by atoms with Crippen LogP contribution in [0.25, 0.3) is 11.3 Å². The first kappa shape index (κ1) is 130. The molecule has 0 spiro atoms. The van der Waals surface area contributed by atoms with Crippen LogP contribution in [-0.2, 0) is 143 Å². The summed E-state index contributed by atoms with van der Waals surface area (Å²) in [5.41, 5.74) is 4.48. The SMILES string of the molecule is CN1CCN(CC(=O)O)CCN(CC(=O)O)CC(Cc2ccc(NC(=S)NCCCC[C@H](NC(=O)CCOCCOCCOCCn3cc(-c4cccc(NC(=O)NCCCC[C@H](NC(=O)NCCCC(=O)O)C(=O)O)c4)nn3)C(=O)NCCOCCOCCOCCOCCOCCOCCOCCOCCC(=O)N[C@@H](CCCCNC(=O)Cc3ccc(I)cc3)C(=O)O)cc2)N(C)CC1.O=C=O.O=C=O.O=C=O. The highest BCUT2D eigenvalue weighted by Gasteiger charge is 2.27. The van der Waals surface area contributed by atoms with Gasteiger partial charge in [-0.25, -0.2) is 23.9 Å². The molecule has 1 unspecified atom stereocenters. The van der Waals surface area contributed by atoms with Crippen LogP contribution in [0.4, 0.5) is 21.0 Å². The maximum absolute atomic E-state index is 13.7. The molecule has 52 heteroatoms. The molecule has 0 aliphatic carbocycles. The van der Waals surface area contributed by atoms with E-state index in [9.17, 15) is 73.2 Å². The summed E-state index contributed by atoms with van der Waals surface area (Å²) in [5, 5.41) is 84.0. The second-order valence-electron chi connectivity index (χ2n) is 32.1. The van der Waals surface area contributed by atoms with Gasteiger partial charge in [0.1, 0.15) is 23.8 Å². The van der Waals surface area contributed by atoms with E-state index in [-0.39, 0.29) is 179 Å². The van der Waals surface area contributed by atoms with Crippen molar-refractivity contribution in [1.82, 2.24) is 77.1 Å². The number of unbranched alkanes of at least 4 members (excludes halogenated alkanes) is 3. The highest BCUT2D eigenvalue weighted by molar-refractivity contribution is 14.1. The molecule has 1 saturated heterocycles. The molecular formula is C93H142IN17O33S. The molecule has 0 saturated carbocycles. The van der Waals surface area contributed by atoms with Gasteiger partial charge in [0, 0.05) is 124 Å². The van der Waals surface area contributed by atoms with Crippen LogP contribution in [0.2, 0.25) is 0 Å². The minimum absolute atomic E-state index is 0.0000661. The van der Waals surface area contributed by atoms with Gasteiger partial charge in [0.2, 0.25) is 23.6 Å². The summed E-state index contributed by atoms with van der Waals surface area (Å²) in [6, 6.07) is 18.3. The molecule has 0 radical (unpaired) electrons. The summed E-state index contributed by atoms with van der Waals surface area (Å²) in [6.07, 6.45) is 7.22. The predicted octanol–water partition coefficient (Wildman–Crippen LogP) is 1.09. The molecule has 2 heterocycles. The van der Waals surface area contributed by atoms with Crippen molar-refractivity contribution in [2.75, 3.05) is 262 Å². The van der Waals surface area contributed by atoms with Gasteiger partial charge in [-0.15, -0.1) is 5.10 Å². The average Bonchev–Trinajstić information content (AvgIpc) is 1.69. The largest absolute Gasteiger partial charge is 0.481 e. The number of nitrogens with zero attached hydrogens (tertiary/aromatic N) is 7. The second-order valence-corrected chi connectivity index (χ2v) is 33.8. The summed E-state index contributed by atoms with van der Waals surface area (Å²) in [6.45, 7) is 11.9. The molecule has 8 amide bonds. The zero-order valence-corrected chi connectivity index (χ0v) is 85.1. The number of hydrogen-bond donors (Lipinski definition) is 15. The molecule has 0 bridgehead atoms. The molecular weight excluding hydrogens is 2040 g/mol. The maximum Gasteiger partial charge on any atom is 0.373 e. The molecule has 1 aliphatic rings. The predicted molar refractivity (Wildman–Crippen MR) is 529 cm³/mol. The summed E-state index contributed by atoms with van der Waals surface area (Å²) >= 11 is 7.86. The standard InChI is InChI=1S/C90H142IN17O27S.3CO2/c1-104-32-34-105(2)74(64-107(67-84(116)117)37-36-106(35-33-104)66-83(114)115)61-68-19-23-72(24-20-68)98-90(136)96-29-8-3-13-75(99-79(109)25-39-125-43-47-129-50-46-128-42-38-108-65-78(102-103-108)70-11-9-12-73(63-70)97-88(123)94-28-7-5-15-77(87(121)122)101-89(124)95-30-10-16-82(112)113)85(118)93-31-41-127-45-49-131-52-54-133-56-58-135-60-59-134-57-55-132-53-51-130-48-44-126-40-26-80(110)100-76(86(119)120)14-4-6-27-92-81(111)62-69-17-21-71(91)22-18-69;3*2-1-3/h9,11-12,17-24,63,65,74-77H,3-8,10,13-16,25-62,64,66-67H2,1-2H3,(H,92,111)(H,93,118)(H,99,109)(H,100,110)(H,112,113)(H,114,115)(H,116,117)(H,119,120)(H,121,122)(H2,94,97,123)(H2,95,101,124)(H2,96,98,136);;;/t74?,75-,76-,77-;;;/m0.../s1. The van der Waals surface area contributed by atoms with Crippen molar-refractivity contribution in [3.8, 4) is 11.3 Å². The van der Waals surface area contributed by atoms with Crippen molar-refractivity contribution in [3.63, 3.8) is 0 Å². The van der Waals surface area contributed by atoms with Gasteiger partial charge in [-0.2, -0.15) is 28.8 Å². The smallest absolute Gasteiger partial charge is 0.373 e. The quantitative estimate of drug-likeness (QED) is 0.0167. The van der Waals surface area contributed by atoms with Crippen LogP contribution in [0.3, 0.4) is 0 Å². The normalized spacial score (nSPS) is 13.5. The van der Waals surface area contributed by atoms with Crippen molar-refractivity contribution in [3.05, 3.63) is 93.7 Å². The fourth-order valence-electron chi connectivity index (χ4n) is 13.3. The fourth-order valence-corrected chi connectivity index (χ4v) is 13.9. The average molecular weight is 2190 g/mol. The van der Waals surface area contributed by atoms with Crippen LogP contribution in [-0.4, -0.2) is 424 Å². The van der Waals surface area contributed by atoms with Crippen LogP contribution in [0.1, 0.15) is 94.6 Å². The van der Waals surface area contributed by atoms with E-state index in [0.29, 0.717) is 212 Å². The molecule has 1 aromatic heterocycles. The number of nitrogens with one attached hydrogen (secondary N) is 10. The van der Waals surface area contributed by atoms with Crippen molar-refractivity contribution in [2.45, 2.75) is 127 Å². The number of carboxylic acids is 5. The molecule has 4 aromatic rings. The Morgan fingerprint density at radius 1 is 0.428 bits per heavy atom. The van der Waals surface area contributed by atoms with E-state index < -0.39 is 65.9 Å². The number of urea groups is 2. The fraction of sp³-hybridized carbons (Fsp3) is 0.624. The number of carboxylic acid groups (broad SMARTS) is 5. The Balaban J connectivity index is 0.00000759. The number of rotatable bonds is 75. The number of halogens is 1. The van der Waals surface area contributed by atoms with Gasteiger partial charge < -0.3 is 141 Å². The topological polar surface area (TPSA) is 657 Å². The van der Waals surface area contributed by atoms with Gasteiger partial charge in [-0.1, -0.05) is 41.6 Å². The third-order valence-corrected chi connectivity index (χ3v) is 21.8. The van der Waals surface area contributed by atoms with Crippen molar-refractivity contribution < 1.29 is 159 Å². The van der Waals surface area contributed by atoms with E-state index in [1.807, 2.05) is 78.5 Å². The van der Waals surface area contributed by atoms with Gasteiger partial charge in [-0.3, -0.25) is 43.4 Å². The Labute approximate surface area is 860 Å². The number of carbonyl (C=O) groups excluding carboxylic acids is 12. The van der Waals surface area contributed by atoms with Crippen LogP contribution >= 0.6 is 34.8 Å². The molecule has 1 aliphatic heterocycles. The summed E-state index contributed by atoms with van der Waals surface area (Å²) < 4.78 is 64.4. The Kier molecular flexibility index (Phi) is 76.6. The zero-order valence-electron chi connectivity index (χ0n) is 82.2. The molecule has 15 N–H and O–H groups in total. The number of carbonyl (C=O) groups is 11. The summed E-state index contributed by atoms with van der Waals surface area (Å²) in [5.74, 6) is -6.50. The molecule has 145 heavy (non-hydrogen) atoms. The highest BCUT2D eigenvalue weighted by atomic mass is 127. The maximum atomic E-state index is 13.7. The van der Waals surface area contributed by atoms with Gasteiger partial charge in [0.15, 0.2) is 5.11 Å². The summed E-state index contributed by atoms with van der Waals surface area (Å²) in [4.78, 5) is 191. The first-order chi connectivity index (χ1) is 70.0. The van der Waals surface area contributed by atoms with Crippen molar-refractivity contribution in [1.29, 1.82) is 0 Å². The van der Waals surface area contributed by atoms with E-state index in [2.05, 4.69) is 95.9 Å². The van der Waals surface area contributed by atoms with Crippen LogP contribution in [0, 0.1) is 3.57 Å². The number of aromatic nitrogens is 3. The van der Waals surface area contributed by atoms with E-state index in [1.54, 1.807) is 29.1 Å². The number of anilines is 2. The first-order valence-corrected chi connectivity index (χ1v) is 48.9. The second kappa shape index (κ2) is 85.7. The van der Waals surface area contributed by atoms with Crippen LogP contribution in [0.15, 0.2) is 79.0 Å². The summed E-state index contributed by atoms with van der Waals surface area (Å²) in [7, 11) is 4.06. The lowest BCUT2D eigenvalue weighted by Gasteiger charge is -2.36. The Bertz CT molecular complexity index is 4380. The molecule has 810 valence electrons. The Morgan fingerprint density at radius 2 is 0.862 bits per heavy atom. The van der Waals surface area contributed by atoms with E-state index >= 15 is 0 Å². The molecule has 5 rings (SSSR count). The third-order valence-electron chi connectivity index (χ3n) is 20.8. The lowest BCUT2D eigenvalue weighted by molar-refractivity contribution is -0.193. The number of benzene rings is 3. The number of thiocarbonyl (C=S) groups is 1. The highest BCUT2D eigenvalue weighted by Crippen LogP contribution is 2.22. The number of hydrogen-bond acceptors (Lipinski definition) is 35. The van der Waals surface area contributed by atoms with Crippen LogP contribution in [0.5, 0.6) is 0 Å². The Morgan fingerprint density at radius 3 is 1.38 bits per heavy atom. The van der Waals surface area contributed by atoms with Crippen molar-refractivity contribution in [2.24, 2.45) is 0 Å². The molecule has 3 aromatic carbocycles. The lowest BCUT2D eigenvalue weighted by atomic mass is 10.0. The number of likely N-dealkylation sites (N-methyl/N-ethyl adjacent to an activating group) is 2. The monoisotopic (exact) mass is 2180 g/mol.